The number of benzene rings is 1. The second kappa shape index (κ2) is 6.97. The molecule has 3 rings (SSSR count). The number of aromatic nitrogens is 3. The van der Waals surface area contributed by atoms with Gasteiger partial charge in [-0.15, -0.1) is 16.8 Å². The summed E-state index contributed by atoms with van der Waals surface area (Å²) < 4.78 is 0.775. The van der Waals surface area contributed by atoms with E-state index in [1.54, 1.807) is 12.3 Å². The molecule has 0 amide bonds. The highest BCUT2D eigenvalue weighted by Gasteiger charge is 2.21. The molecular formula is C16H16N4OS2. The summed E-state index contributed by atoms with van der Waals surface area (Å²) in [6, 6.07) is 7.81. The van der Waals surface area contributed by atoms with Gasteiger partial charge in [-0.1, -0.05) is 47.4 Å². The molecule has 0 saturated heterocycles. The van der Waals surface area contributed by atoms with Crippen LogP contribution in [0.25, 0.3) is 10.9 Å². The van der Waals surface area contributed by atoms with E-state index in [0.29, 0.717) is 6.54 Å². The molecule has 23 heavy (non-hydrogen) atoms. The van der Waals surface area contributed by atoms with Crippen molar-refractivity contribution in [1.29, 1.82) is 0 Å². The Morgan fingerprint density at radius 2 is 2.30 bits per heavy atom. The Hall–Kier alpha value is -2.12. The van der Waals surface area contributed by atoms with Gasteiger partial charge in [-0.05, 0) is 13.0 Å². The van der Waals surface area contributed by atoms with Crippen molar-refractivity contribution in [3.8, 4) is 0 Å². The predicted molar refractivity (Wildman–Crippen MR) is 96.5 cm³/mol. The van der Waals surface area contributed by atoms with Crippen molar-refractivity contribution in [3.05, 3.63) is 48.7 Å². The molecule has 0 saturated carbocycles. The molecule has 2 heterocycles. The van der Waals surface area contributed by atoms with Gasteiger partial charge in [0, 0.05) is 29.2 Å². The van der Waals surface area contributed by atoms with Crippen LogP contribution in [0.2, 0.25) is 0 Å². The first-order chi connectivity index (χ1) is 11.2. The number of thioether (sulfide) groups is 1. The van der Waals surface area contributed by atoms with E-state index < -0.39 is 0 Å². The van der Waals surface area contributed by atoms with Gasteiger partial charge in [0.1, 0.15) is 0 Å². The minimum atomic E-state index is -0.227. The van der Waals surface area contributed by atoms with Gasteiger partial charge in [0.25, 0.3) is 0 Å². The minimum Gasteiger partial charge on any atom is -0.360 e. The van der Waals surface area contributed by atoms with Crippen LogP contribution in [0.15, 0.2) is 47.5 Å². The summed E-state index contributed by atoms with van der Waals surface area (Å²) >= 11 is 2.87. The molecule has 0 bridgehead atoms. The molecule has 0 aliphatic heterocycles. The molecule has 118 valence electrons. The van der Waals surface area contributed by atoms with E-state index in [4.69, 9.17) is 0 Å². The van der Waals surface area contributed by atoms with Crippen LogP contribution in [-0.4, -0.2) is 32.8 Å². The largest absolute Gasteiger partial charge is 0.360 e. The Kier molecular flexibility index (Phi) is 4.78. The molecule has 5 nitrogen and oxygen atoms in total. The van der Waals surface area contributed by atoms with Crippen LogP contribution in [0.5, 0.6) is 0 Å². The lowest BCUT2D eigenvalue weighted by Gasteiger charge is -2.06. The zero-order valence-corrected chi connectivity index (χ0v) is 14.2. The first-order valence-corrected chi connectivity index (χ1v) is 8.84. The maximum Gasteiger partial charge on any atom is 0.206 e. The molecule has 3 aromatic rings. The molecule has 2 aromatic heterocycles. The van der Waals surface area contributed by atoms with Crippen molar-refractivity contribution < 1.29 is 4.79 Å². The SMILES string of the molecule is C=CCNc1nnc(S[C@@H](C)C(=O)c2c[nH]c3ccccc23)s1. The number of H-pyrrole nitrogens is 1. The van der Waals surface area contributed by atoms with Crippen molar-refractivity contribution in [1.82, 2.24) is 15.2 Å². The van der Waals surface area contributed by atoms with E-state index in [1.807, 2.05) is 31.2 Å². The third-order valence-electron chi connectivity index (χ3n) is 3.31. The highest BCUT2D eigenvalue weighted by molar-refractivity contribution is 8.02. The Balaban J connectivity index is 1.72. The number of ketones is 1. The number of hydrogen-bond donors (Lipinski definition) is 2. The van der Waals surface area contributed by atoms with Crippen LogP contribution >= 0.6 is 23.1 Å². The van der Waals surface area contributed by atoms with Crippen LogP contribution in [0, 0.1) is 0 Å². The molecule has 1 atom stereocenters. The van der Waals surface area contributed by atoms with Crippen molar-refractivity contribution in [3.63, 3.8) is 0 Å². The van der Waals surface area contributed by atoms with E-state index in [-0.39, 0.29) is 11.0 Å². The first kappa shape index (κ1) is 15.8. The van der Waals surface area contributed by atoms with Crippen LogP contribution in [0.4, 0.5) is 5.13 Å². The van der Waals surface area contributed by atoms with Crippen LogP contribution in [-0.2, 0) is 0 Å². The molecule has 0 aliphatic carbocycles. The Morgan fingerprint density at radius 3 is 3.13 bits per heavy atom. The third-order valence-corrected chi connectivity index (χ3v) is 5.37. The highest BCUT2D eigenvalue weighted by Crippen LogP contribution is 2.31. The van der Waals surface area contributed by atoms with Crippen LogP contribution in [0.3, 0.4) is 0 Å². The van der Waals surface area contributed by atoms with Gasteiger partial charge in [0.05, 0.1) is 5.25 Å². The van der Waals surface area contributed by atoms with Crippen molar-refractivity contribution >= 4 is 44.9 Å². The fourth-order valence-corrected chi connectivity index (χ4v) is 4.16. The molecule has 7 heteroatoms. The summed E-state index contributed by atoms with van der Waals surface area (Å²) in [7, 11) is 0. The quantitative estimate of drug-likeness (QED) is 0.385. The predicted octanol–water partition coefficient (Wildman–Crippen LogP) is 3.98. The zero-order chi connectivity index (χ0) is 16.2. The lowest BCUT2D eigenvalue weighted by Crippen LogP contribution is -2.12. The number of rotatable bonds is 7. The number of fused-ring (bicyclic) bond motifs is 1. The maximum absolute atomic E-state index is 12.7. The summed E-state index contributed by atoms with van der Waals surface area (Å²) in [5.74, 6) is 0.0863. The van der Waals surface area contributed by atoms with Crippen molar-refractivity contribution in [2.24, 2.45) is 0 Å². The van der Waals surface area contributed by atoms with Gasteiger partial charge in [0.15, 0.2) is 10.1 Å². The molecule has 0 unspecified atom stereocenters. The molecule has 2 N–H and O–H groups in total. The first-order valence-electron chi connectivity index (χ1n) is 7.14. The number of nitrogens with one attached hydrogen (secondary N) is 2. The van der Waals surface area contributed by atoms with E-state index >= 15 is 0 Å². The average molecular weight is 344 g/mol. The zero-order valence-electron chi connectivity index (χ0n) is 12.6. The van der Waals surface area contributed by atoms with Crippen molar-refractivity contribution in [2.75, 3.05) is 11.9 Å². The Morgan fingerprint density at radius 1 is 1.48 bits per heavy atom. The smallest absolute Gasteiger partial charge is 0.206 e. The number of aromatic amines is 1. The maximum atomic E-state index is 12.7. The number of carbonyl (C=O) groups is 1. The summed E-state index contributed by atoms with van der Waals surface area (Å²) in [5.41, 5.74) is 1.69. The molecule has 0 spiro atoms. The molecule has 1 aromatic carbocycles. The Bertz CT molecular complexity index is 839. The average Bonchev–Trinajstić information content (AvgIpc) is 3.18. The fraction of sp³-hybridized carbons (Fsp3) is 0.188. The second-order valence-electron chi connectivity index (χ2n) is 4.91. The van der Waals surface area contributed by atoms with Crippen molar-refractivity contribution in [2.45, 2.75) is 16.5 Å². The van der Waals surface area contributed by atoms with Gasteiger partial charge >= 0.3 is 0 Å². The molecule has 0 aliphatic rings. The van der Waals surface area contributed by atoms with Gasteiger partial charge in [-0.2, -0.15) is 0 Å². The monoisotopic (exact) mass is 344 g/mol. The normalized spacial score (nSPS) is 12.2. The summed E-state index contributed by atoms with van der Waals surface area (Å²) in [5, 5.41) is 12.7. The van der Waals surface area contributed by atoms with Crippen LogP contribution < -0.4 is 5.32 Å². The number of hydrogen-bond acceptors (Lipinski definition) is 6. The topological polar surface area (TPSA) is 70.7 Å². The minimum absolute atomic E-state index is 0.0863. The van der Waals surface area contributed by atoms with E-state index in [0.717, 1.165) is 25.9 Å². The van der Waals surface area contributed by atoms with E-state index in [2.05, 4.69) is 27.1 Å². The highest BCUT2D eigenvalue weighted by atomic mass is 32.2. The summed E-state index contributed by atoms with van der Waals surface area (Å²) in [6.07, 6.45) is 3.54. The molecular weight excluding hydrogens is 328 g/mol. The Labute approximate surface area is 142 Å². The number of anilines is 1. The number of Topliss-reactive ketones (excluding diaryl/α,β-unsaturated/α-hetero) is 1. The van der Waals surface area contributed by atoms with E-state index in [1.165, 1.54) is 23.1 Å². The van der Waals surface area contributed by atoms with Crippen LogP contribution in [0.1, 0.15) is 17.3 Å². The van der Waals surface area contributed by atoms with Gasteiger partial charge in [-0.3, -0.25) is 4.79 Å². The van der Waals surface area contributed by atoms with Gasteiger partial charge < -0.3 is 10.3 Å². The molecule has 0 radical (unpaired) electrons. The standard InChI is InChI=1S/C16H16N4OS2/c1-3-8-17-15-19-20-16(23-15)22-10(2)14(21)12-9-18-13-7-5-4-6-11(12)13/h3-7,9-10,18H,1,8H2,2H3,(H,17,19)/t10-/m0/s1. The lowest BCUT2D eigenvalue weighted by atomic mass is 10.1. The van der Waals surface area contributed by atoms with Gasteiger partial charge in [-0.25, -0.2) is 0 Å². The molecule has 0 fully saturated rings. The fourth-order valence-electron chi connectivity index (χ4n) is 2.19. The number of para-hydroxylation sites is 1. The summed E-state index contributed by atoms with van der Waals surface area (Å²) in [6.45, 7) is 6.19. The third kappa shape index (κ3) is 3.46. The lowest BCUT2D eigenvalue weighted by molar-refractivity contribution is 0.0995. The second-order valence-corrected chi connectivity index (χ2v) is 7.48. The number of nitrogens with zero attached hydrogens (tertiary/aromatic N) is 2. The number of carbonyl (C=O) groups excluding carboxylic acids is 1. The van der Waals surface area contributed by atoms with Gasteiger partial charge in [0.2, 0.25) is 5.13 Å². The van der Waals surface area contributed by atoms with E-state index in [9.17, 15) is 4.79 Å². The summed E-state index contributed by atoms with van der Waals surface area (Å²) in [4.78, 5) is 15.8.